The second-order valence-corrected chi connectivity index (χ2v) is 7.78. The van der Waals surface area contributed by atoms with Crippen molar-refractivity contribution in [1.82, 2.24) is 0 Å². The van der Waals surface area contributed by atoms with Crippen LogP contribution in [0.1, 0.15) is 22.3 Å². The lowest BCUT2D eigenvalue weighted by Gasteiger charge is -2.11. The summed E-state index contributed by atoms with van der Waals surface area (Å²) in [4.78, 5) is 0. The molecule has 0 radical (unpaired) electrons. The molecule has 0 atom stereocenters. The van der Waals surface area contributed by atoms with Gasteiger partial charge < -0.3 is 18.9 Å². The van der Waals surface area contributed by atoms with Crippen molar-refractivity contribution in [3.05, 3.63) is 119 Å². The molecular formula is C32H26O4. The highest BCUT2D eigenvalue weighted by molar-refractivity contribution is 5.52. The van der Waals surface area contributed by atoms with Gasteiger partial charge in [0, 0.05) is 11.1 Å². The highest BCUT2D eigenvalue weighted by Gasteiger charge is 2.06. The average Bonchev–Trinajstić information content (AvgIpc) is 2.94. The summed E-state index contributed by atoms with van der Waals surface area (Å²) in [6.45, 7) is 0.931. The maximum atomic E-state index is 5.90. The molecule has 0 spiro atoms. The van der Waals surface area contributed by atoms with Gasteiger partial charge in [-0.25, -0.2) is 0 Å². The van der Waals surface area contributed by atoms with E-state index in [9.17, 15) is 0 Å². The fourth-order valence-corrected chi connectivity index (χ4v) is 3.41. The first-order valence-corrected chi connectivity index (χ1v) is 11.5. The van der Waals surface area contributed by atoms with E-state index in [0.29, 0.717) is 36.2 Å². The van der Waals surface area contributed by atoms with Gasteiger partial charge in [0.05, 0.1) is 14.2 Å². The minimum atomic E-state index is 0.466. The van der Waals surface area contributed by atoms with E-state index in [1.54, 1.807) is 14.2 Å². The van der Waals surface area contributed by atoms with Crippen LogP contribution in [-0.2, 0) is 13.2 Å². The van der Waals surface area contributed by atoms with Crippen molar-refractivity contribution in [2.45, 2.75) is 13.2 Å². The Morgan fingerprint density at radius 2 is 0.917 bits per heavy atom. The number of rotatable bonds is 8. The summed E-state index contributed by atoms with van der Waals surface area (Å²) in [5.41, 5.74) is 3.75. The number of methoxy groups -OCH3 is 2. The van der Waals surface area contributed by atoms with Crippen molar-refractivity contribution in [1.29, 1.82) is 0 Å². The third-order valence-electron chi connectivity index (χ3n) is 5.28. The predicted molar refractivity (Wildman–Crippen MR) is 141 cm³/mol. The number of hydrogen-bond donors (Lipinski definition) is 0. The molecule has 0 aliphatic rings. The van der Waals surface area contributed by atoms with Gasteiger partial charge >= 0.3 is 0 Å². The molecule has 0 N–H and O–H groups in total. The van der Waals surface area contributed by atoms with Crippen molar-refractivity contribution in [2.24, 2.45) is 0 Å². The predicted octanol–water partition coefficient (Wildman–Crippen LogP) is 6.27. The van der Waals surface area contributed by atoms with Crippen molar-refractivity contribution >= 4 is 0 Å². The molecule has 36 heavy (non-hydrogen) atoms. The minimum absolute atomic E-state index is 0.466. The van der Waals surface area contributed by atoms with E-state index in [1.165, 1.54) is 0 Å². The first-order valence-electron chi connectivity index (χ1n) is 11.5. The molecule has 0 saturated heterocycles. The van der Waals surface area contributed by atoms with Crippen LogP contribution in [0.2, 0.25) is 0 Å². The summed E-state index contributed by atoms with van der Waals surface area (Å²) in [6, 6.07) is 31.2. The van der Waals surface area contributed by atoms with E-state index in [-0.39, 0.29) is 0 Å². The lowest BCUT2D eigenvalue weighted by atomic mass is 10.2. The number of ether oxygens (including phenoxy) is 4. The molecule has 0 aliphatic carbocycles. The Kier molecular flexibility index (Phi) is 8.52. The fraction of sp³-hybridized carbons (Fsp3) is 0.125. The van der Waals surface area contributed by atoms with Gasteiger partial charge in [-0.2, -0.15) is 0 Å². The van der Waals surface area contributed by atoms with Gasteiger partial charge in [0.2, 0.25) is 0 Å². The van der Waals surface area contributed by atoms with Crippen molar-refractivity contribution in [2.75, 3.05) is 14.2 Å². The largest absolute Gasteiger partial charge is 0.493 e. The molecular weight excluding hydrogens is 448 g/mol. The van der Waals surface area contributed by atoms with Gasteiger partial charge in [-0.3, -0.25) is 0 Å². The molecule has 4 rings (SSSR count). The van der Waals surface area contributed by atoms with Crippen LogP contribution in [0.3, 0.4) is 0 Å². The molecule has 0 amide bonds. The second-order valence-electron chi connectivity index (χ2n) is 7.78. The van der Waals surface area contributed by atoms with E-state index in [0.717, 1.165) is 22.3 Å². The van der Waals surface area contributed by atoms with E-state index < -0.39 is 0 Å². The molecule has 0 unspecified atom stereocenters. The molecule has 0 fully saturated rings. The van der Waals surface area contributed by atoms with Gasteiger partial charge in [0.15, 0.2) is 23.0 Å². The number of hydrogen-bond acceptors (Lipinski definition) is 4. The molecule has 4 heteroatoms. The molecule has 4 aromatic carbocycles. The summed E-state index contributed by atoms with van der Waals surface area (Å²) >= 11 is 0. The topological polar surface area (TPSA) is 36.9 Å². The molecule has 0 bridgehead atoms. The van der Waals surface area contributed by atoms with Crippen LogP contribution < -0.4 is 18.9 Å². The Morgan fingerprint density at radius 1 is 0.500 bits per heavy atom. The Morgan fingerprint density at radius 3 is 1.31 bits per heavy atom. The zero-order chi connectivity index (χ0) is 25.0. The van der Waals surface area contributed by atoms with Crippen LogP contribution in [0.5, 0.6) is 23.0 Å². The Labute approximate surface area is 212 Å². The maximum absolute atomic E-state index is 5.90. The van der Waals surface area contributed by atoms with E-state index in [2.05, 4.69) is 23.7 Å². The van der Waals surface area contributed by atoms with Crippen LogP contribution in [0.4, 0.5) is 0 Å². The highest BCUT2D eigenvalue weighted by atomic mass is 16.5. The van der Waals surface area contributed by atoms with Crippen molar-refractivity contribution in [3.63, 3.8) is 0 Å². The second kappa shape index (κ2) is 12.6. The first kappa shape index (κ1) is 24.3. The molecule has 4 nitrogen and oxygen atoms in total. The monoisotopic (exact) mass is 474 g/mol. The standard InChI is InChI=1S/C32H26O4/c1-33-31-21-25(17-19-29(31)35-23-27-13-5-3-6-14-27)11-9-10-12-26-18-20-30(32(22-26)34-2)36-24-28-15-7-4-8-16-28/h3-8,13-22H,23-24H2,1-2H3. The van der Waals surface area contributed by atoms with E-state index in [4.69, 9.17) is 18.9 Å². The Bertz CT molecular complexity index is 1290. The lowest BCUT2D eigenvalue weighted by Crippen LogP contribution is -1.97. The Hall–Kier alpha value is -4.80. The smallest absolute Gasteiger partial charge is 0.161 e. The normalized spacial score (nSPS) is 9.72. The summed E-state index contributed by atoms with van der Waals surface area (Å²) in [5, 5.41) is 0. The third-order valence-corrected chi connectivity index (χ3v) is 5.28. The molecule has 0 aliphatic heterocycles. The molecule has 178 valence electrons. The van der Waals surface area contributed by atoms with Crippen molar-refractivity contribution < 1.29 is 18.9 Å². The Balaban J connectivity index is 1.40. The SMILES string of the molecule is COc1cc(C#CC#Cc2ccc(OCc3ccccc3)c(OC)c2)ccc1OCc1ccccc1. The third kappa shape index (κ3) is 6.86. The van der Waals surface area contributed by atoms with E-state index in [1.807, 2.05) is 97.1 Å². The van der Waals surface area contributed by atoms with Gasteiger partial charge in [0.1, 0.15) is 13.2 Å². The van der Waals surface area contributed by atoms with E-state index >= 15 is 0 Å². The van der Waals surface area contributed by atoms with Gasteiger partial charge in [0.25, 0.3) is 0 Å². The quantitative estimate of drug-likeness (QED) is 0.282. The zero-order valence-electron chi connectivity index (χ0n) is 20.3. The molecule has 0 heterocycles. The summed E-state index contributed by atoms with van der Waals surface area (Å²) < 4.78 is 22.8. The van der Waals surface area contributed by atoms with Gasteiger partial charge in [-0.05, 0) is 59.4 Å². The summed E-state index contributed by atoms with van der Waals surface area (Å²) in [5.74, 6) is 14.5. The fourth-order valence-electron chi connectivity index (χ4n) is 3.41. The highest BCUT2D eigenvalue weighted by Crippen LogP contribution is 2.29. The maximum Gasteiger partial charge on any atom is 0.161 e. The van der Waals surface area contributed by atoms with Crippen LogP contribution in [0.25, 0.3) is 0 Å². The van der Waals surface area contributed by atoms with Crippen LogP contribution in [-0.4, -0.2) is 14.2 Å². The van der Waals surface area contributed by atoms with Crippen LogP contribution in [0.15, 0.2) is 97.1 Å². The van der Waals surface area contributed by atoms with Crippen molar-refractivity contribution in [3.8, 4) is 46.7 Å². The minimum Gasteiger partial charge on any atom is -0.493 e. The van der Waals surface area contributed by atoms with Gasteiger partial charge in [-0.15, -0.1) is 0 Å². The first-order chi connectivity index (χ1) is 17.7. The number of benzene rings is 4. The zero-order valence-corrected chi connectivity index (χ0v) is 20.3. The average molecular weight is 475 g/mol. The molecule has 0 saturated carbocycles. The lowest BCUT2D eigenvalue weighted by molar-refractivity contribution is 0.284. The van der Waals surface area contributed by atoms with Crippen LogP contribution in [0, 0.1) is 23.7 Å². The van der Waals surface area contributed by atoms with Crippen LogP contribution >= 0.6 is 0 Å². The molecule has 0 aromatic heterocycles. The van der Waals surface area contributed by atoms with Gasteiger partial charge in [-0.1, -0.05) is 72.5 Å². The summed E-state index contributed by atoms with van der Waals surface area (Å²) in [7, 11) is 3.23. The summed E-state index contributed by atoms with van der Waals surface area (Å²) in [6.07, 6.45) is 0. The molecule has 4 aromatic rings.